The first-order chi connectivity index (χ1) is 20.4. The minimum Gasteiger partial charge on any atom is -0.394 e. The van der Waals surface area contributed by atoms with Gasteiger partial charge in [0.05, 0.1) is 6.61 Å². The van der Waals surface area contributed by atoms with E-state index in [-0.39, 0.29) is 5.57 Å². The molecule has 5 N–H and O–H groups in total. The largest absolute Gasteiger partial charge is 0.394 e. The molecule has 2 saturated heterocycles. The van der Waals surface area contributed by atoms with Gasteiger partial charge < -0.3 is 39.5 Å². The van der Waals surface area contributed by atoms with Crippen molar-refractivity contribution in [2.45, 2.75) is 37.6 Å². The van der Waals surface area contributed by atoms with E-state index in [4.69, 9.17) is 4.74 Å². The van der Waals surface area contributed by atoms with Crippen LogP contribution in [0.3, 0.4) is 0 Å². The van der Waals surface area contributed by atoms with E-state index in [1.54, 1.807) is 23.8 Å². The van der Waals surface area contributed by atoms with Crippen LogP contribution in [0.5, 0.6) is 0 Å². The van der Waals surface area contributed by atoms with Gasteiger partial charge in [0.25, 0.3) is 10.0 Å². The number of likely N-dealkylation sites (N-methyl/N-ethyl adjacent to an activating group) is 1. The third-order valence-electron chi connectivity index (χ3n) is 8.40. The number of ether oxygens (including phenoxy) is 1. The monoisotopic (exact) mass is 611 g/mol. The third kappa shape index (κ3) is 6.06. The Bertz CT molecular complexity index is 1670. The number of benzene rings is 2. The van der Waals surface area contributed by atoms with Gasteiger partial charge in [-0.05, 0) is 60.6 Å². The van der Waals surface area contributed by atoms with Crippen molar-refractivity contribution in [3.63, 3.8) is 0 Å². The first-order valence-electron chi connectivity index (χ1n) is 14.0. The number of nitrogens with one attached hydrogen (secondary N) is 1. The van der Waals surface area contributed by atoms with Crippen LogP contribution in [0.25, 0.3) is 27.6 Å². The van der Waals surface area contributed by atoms with E-state index in [1.165, 1.54) is 12.6 Å². The number of hydrogen-bond donors (Lipinski definition) is 5. The van der Waals surface area contributed by atoms with Crippen LogP contribution in [-0.2, 0) is 21.8 Å². The molecule has 0 amide bonds. The molecule has 2 fully saturated rings. The Balaban J connectivity index is 1.41. The zero-order valence-corrected chi connectivity index (χ0v) is 25.1. The van der Waals surface area contributed by atoms with Crippen molar-refractivity contribution in [1.29, 1.82) is 5.26 Å². The van der Waals surface area contributed by atoms with E-state index in [1.807, 2.05) is 12.1 Å². The maximum absolute atomic E-state index is 13.3. The average molecular weight is 612 g/mol. The summed E-state index contributed by atoms with van der Waals surface area (Å²) in [5.41, 5.74) is 3.54. The molecule has 13 heteroatoms. The van der Waals surface area contributed by atoms with Gasteiger partial charge in [-0.25, -0.2) is 8.42 Å². The van der Waals surface area contributed by atoms with Gasteiger partial charge in [0, 0.05) is 55.9 Å². The zero-order chi connectivity index (χ0) is 31.1. The summed E-state index contributed by atoms with van der Waals surface area (Å²) in [5, 5.41) is 52.1. The topological polar surface area (TPSA) is 172 Å². The molecule has 1 aromatic heterocycles. The molecular weight excluding hydrogens is 574 g/mol. The van der Waals surface area contributed by atoms with Crippen molar-refractivity contribution in [3.8, 4) is 17.3 Å². The molecule has 2 aromatic carbocycles. The number of nitriles is 1. The van der Waals surface area contributed by atoms with Crippen LogP contribution >= 0.6 is 0 Å². The van der Waals surface area contributed by atoms with Crippen LogP contribution in [0.1, 0.15) is 12.6 Å². The molecule has 0 saturated carbocycles. The zero-order valence-electron chi connectivity index (χ0n) is 24.3. The Hall–Kier alpha value is -3.32. The van der Waals surface area contributed by atoms with Crippen LogP contribution < -0.4 is 9.62 Å². The van der Waals surface area contributed by atoms with Crippen LogP contribution in [0.2, 0.25) is 0 Å². The van der Waals surface area contributed by atoms with Crippen LogP contribution in [0, 0.1) is 11.3 Å². The number of anilines is 1. The molecule has 0 spiro atoms. The molecule has 5 atom stereocenters. The number of nitrogens with zero attached hydrogens (tertiary/aromatic N) is 4. The Morgan fingerprint density at radius 3 is 2.35 bits per heavy atom. The number of rotatable bonds is 7. The minimum atomic E-state index is -4.58. The molecule has 230 valence electrons. The van der Waals surface area contributed by atoms with E-state index >= 15 is 0 Å². The number of aliphatic hydroxyl groups excluding tert-OH is 4. The third-order valence-corrected chi connectivity index (χ3v) is 9.91. The number of aliphatic hydroxyl groups is 4. The molecule has 12 nitrogen and oxygen atoms in total. The van der Waals surface area contributed by atoms with Gasteiger partial charge in [-0.3, -0.25) is 0 Å². The predicted octanol–water partition coefficient (Wildman–Crippen LogP) is 0.571. The molecule has 43 heavy (non-hydrogen) atoms. The normalized spacial score (nSPS) is 25.9. The standard InChI is InChI=1S/C30H37N5O7S/c1-18(26(16-31)43(40,41)32-27-29(38)28(37)25(17-36)42-30(27)39)23-8-9-24(34(23)3)21-5-4-20-15-22(7-6-19(20)14-21)35-12-10-33(2)11-13-35/h4-9,14-15,25,27-30,32,36-39H,10-13,17H2,1-3H3/b26-18+/t25-,27-,28-,29-,30?/m1/s1. The van der Waals surface area contributed by atoms with Crippen molar-refractivity contribution >= 4 is 32.1 Å². The molecule has 0 bridgehead atoms. The highest BCUT2D eigenvalue weighted by molar-refractivity contribution is 7.93. The molecule has 3 aromatic rings. The lowest BCUT2D eigenvalue weighted by molar-refractivity contribution is -0.251. The van der Waals surface area contributed by atoms with Gasteiger partial charge in [0.1, 0.15) is 30.4 Å². The van der Waals surface area contributed by atoms with Gasteiger partial charge in [0.15, 0.2) is 11.2 Å². The SMILES string of the molecule is C/C(=C(/C#N)S(=O)(=O)N[C@H]1C(O)O[C@H](CO)[C@@H](O)[C@@H]1O)c1ccc(-c2ccc3cc(N4CCN(C)CC4)ccc3c2)n1C. The fraction of sp³-hybridized carbons (Fsp3) is 0.433. The molecule has 1 unspecified atom stereocenters. The van der Waals surface area contributed by atoms with Crippen molar-refractivity contribution in [3.05, 3.63) is 59.1 Å². The molecule has 0 radical (unpaired) electrons. The fourth-order valence-corrected chi connectivity index (χ4v) is 7.12. The summed E-state index contributed by atoms with van der Waals surface area (Å²) >= 11 is 0. The summed E-state index contributed by atoms with van der Waals surface area (Å²) in [6.45, 7) is 4.82. The second-order valence-electron chi connectivity index (χ2n) is 11.1. The summed E-state index contributed by atoms with van der Waals surface area (Å²) in [6, 6.07) is 16.2. The van der Waals surface area contributed by atoms with Crippen molar-refractivity contribution in [2.24, 2.45) is 7.05 Å². The predicted molar refractivity (Wildman–Crippen MR) is 162 cm³/mol. The summed E-state index contributed by atoms with van der Waals surface area (Å²) in [6.07, 6.45) is -6.61. The van der Waals surface area contributed by atoms with Gasteiger partial charge in [-0.15, -0.1) is 0 Å². The molecule has 2 aliphatic heterocycles. The van der Waals surface area contributed by atoms with Crippen LogP contribution in [-0.4, -0.2) is 109 Å². The number of sulfonamides is 1. The van der Waals surface area contributed by atoms with E-state index in [0.717, 1.165) is 48.2 Å². The Morgan fingerprint density at radius 1 is 1.00 bits per heavy atom. The summed E-state index contributed by atoms with van der Waals surface area (Å²) in [5.74, 6) is 0. The number of hydrogen-bond acceptors (Lipinski definition) is 10. The molecule has 2 aliphatic rings. The van der Waals surface area contributed by atoms with E-state index in [2.05, 4.69) is 51.9 Å². The Kier molecular flexibility index (Phi) is 8.94. The van der Waals surface area contributed by atoms with E-state index in [9.17, 15) is 34.1 Å². The Morgan fingerprint density at radius 2 is 1.67 bits per heavy atom. The second-order valence-corrected chi connectivity index (χ2v) is 12.8. The average Bonchev–Trinajstić information content (AvgIpc) is 3.38. The number of aromatic nitrogens is 1. The van der Waals surface area contributed by atoms with Crippen LogP contribution in [0.15, 0.2) is 53.4 Å². The lowest BCUT2D eigenvalue weighted by Crippen LogP contribution is -2.64. The van der Waals surface area contributed by atoms with Gasteiger partial charge in [-0.1, -0.05) is 18.2 Å². The Labute approximate surface area is 250 Å². The highest BCUT2D eigenvalue weighted by atomic mass is 32.2. The van der Waals surface area contributed by atoms with Crippen molar-refractivity contribution in [1.82, 2.24) is 14.2 Å². The van der Waals surface area contributed by atoms with Crippen molar-refractivity contribution in [2.75, 3.05) is 44.7 Å². The summed E-state index contributed by atoms with van der Waals surface area (Å²) < 4.78 is 35.5. The van der Waals surface area contributed by atoms with E-state index in [0.29, 0.717) is 5.69 Å². The van der Waals surface area contributed by atoms with E-state index < -0.39 is 52.2 Å². The first-order valence-corrected chi connectivity index (χ1v) is 15.5. The smallest absolute Gasteiger partial charge is 0.251 e. The van der Waals surface area contributed by atoms with Crippen molar-refractivity contribution < 1.29 is 33.6 Å². The maximum Gasteiger partial charge on any atom is 0.251 e. The maximum atomic E-state index is 13.3. The summed E-state index contributed by atoms with van der Waals surface area (Å²) in [7, 11) is -0.669. The van der Waals surface area contributed by atoms with Gasteiger partial charge >= 0.3 is 0 Å². The first kappa shape index (κ1) is 31.1. The highest BCUT2D eigenvalue weighted by Crippen LogP contribution is 2.32. The number of allylic oxidation sites excluding steroid dienone is 2. The number of piperazine rings is 1. The lowest BCUT2D eigenvalue weighted by atomic mass is 9.98. The summed E-state index contributed by atoms with van der Waals surface area (Å²) in [4.78, 5) is 4.09. The molecule has 3 heterocycles. The molecular formula is C30H37N5O7S. The van der Waals surface area contributed by atoms with Crippen LogP contribution in [0.4, 0.5) is 5.69 Å². The second kappa shape index (κ2) is 12.4. The fourth-order valence-electron chi connectivity index (χ4n) is 5.76. The molecule has 5 rings (SSSR count). The highest BCUT2D eigenvalue weighted by Gasteiger charge is 2.45. The van der Waals surface area contributed by atoms with Gasteiger partial charge in [0.2, 0.25) is 0 Å². The molecule has 0 aliphatic carbocycles. The minimum absolute atomic E-state index is 0.149. The number of fused-ring (bicyclic) bond motifs is 1. The lowest BCUT2D eigenvalue weighted by Gasteiger charge is -2.40. The quantitative estimate of drug-likeness (QED) is 0.238. The van der Waals surface area contributed by atoms with Gasteiger partial charge in [-0.2, -0.15) is 9.98 Å².